The number of nitrogens with zero attached hydrogens (tertiary/aromatic N) is 3. The molecule has 2 aromatic heterocycles. The van der Waals surface area contributed by atoms with E-state index in [0.29, 0.717) is 18.0 Å². The van der Waals surface area contributed by atoms with Crippen LogP contribution in [-0.2, 0) is 6.54 Å². The fourth-order valence-corrected chi connectivity index (χ4v) is 2.09. The van der Waals surface area contributed by atoms with E-state index in [9.17, 15) is 0 Å². The van der Waals surface area contributed by atoms with Crippen LogP contribution in [0, 0.1) is 6.92 Å². The number of halogens is 1. The Hall–Kier alpha value is -2.14. The van der Waals surface area contributed by atoms with E-state index in [1.807, 2.05) is 31.2 Å². The molecule has 3 aromatic rings. The van der Waals surface area contributed by atoms with Gasteiger partial charge in [0.05, 0.1) is 6.33 Å². The third-order valence-corrected chi connectivity index (χ3v) is 3.17. The third-order valence-electron chi connectivity index (χ3n) is 2.80. The van der Waals surface area contributed by atoms with Crippen LogP contribution in [0.3, 0.4) is 0 Å². The second kappa shape index (κ2) is 4.85. The highest BCUT2D eigenvalue weighted by atomic mass is 35.5. The quantitative estimate of drug-likeness (QED) is 0.770. The van der Waals surface area contributed by atoms with Gasteiger partial charge in [-0.1, -0.05) is 29.8 Å². The molecule has 3 rings (SSSR count). The van der Waals surface area contributed by atoms with Crippen LogP contribution in [0.25, 0.3) is 11.2 Å². The van der Waals surface area contributed by atoms with Crippen LogP contribution in [-0.4, -0.2) is 19.9 Å². The first-order valence-electron chi connectivity index (χ1n) is 5.89. The van der Waals surface area contributed by atoms with Crippen LogP contribution < -0.4 is 5.32 Å². The van der Waals surface area contributed by atoms with Gasteiger partial charge in [0.15, 0.2) is 11.5 Å². The molecule has 6 heteroatoms. The highest BCUT2D eigenvalue weighted by molar-refractivity contribution is 6.31. The molecule has 0 unspecified atom stereocenters. The molecular formula is C13H12ClN5. The first kappa shape index (κ1) is 11.9. The second-order valence-electron chi connectivity index (χ2n) is 4.17. The highest BCUT2D eigenvalue weighted by Gasteiger charge is 2.08. The van der Waals surface area contributed by atoms with E-state index >= 15 is 0 Å². The molecule has 0 saturated heterocycles. The number of benzene rings is 1. The Morgan fingerprint density at radius 3 is 2.95 bits per heavy atom. The van der Waals surface area contributed by atoms with Crippen molar-refractivity contribution < 1.29 is 0 Å². The SMILES string of the molecule is Cc1nc(NCc2ccccc2Cl)c2[nH]cnc2n1. The van der Waals surface area contributed by atoms with Crippen molar-refractivity contribution in [3.8, 4) is 0 Å². The number of aromatic amines is 1. The summed E-state index contributed by atoms with van der Waals surface area (Å²) in [5, 5.41) is 4.00. The molecule has 2 heterocycles. The first-order chi connectivity index (χ1) is 9.24. The predicted octanol–water partition coefficient (Wildman–Crippen LogP) is 2.93. The predicted molar refractivity (Wildman–Crippen MR) is 75.2 cm³/mol. The Bertz CT molecular complexity index is 722. The van der Waals surface area contributed by atoms with Gasteiger partial charge in [-0.15, -0.1) is 0 Å². The number of imidazole rings is 1. The molecule has 2 N–H and O–H groups in total. The lowest BCUT2D eigenvalue weighted by molar-refractivity contribution is 1.04. The van der Waals surface area contributed by atoms with Crippen LogP contribution in [0.4, 0.5) is 5.82 Å². The maximum Gasteiger partial charge on any atom is 0.183 e. The van der Waals surface area contributed by atoms with Crippen LogP contribution >= 0.6 is 11.6 Å². The van der Waals surface area contributed by atoms with Gasteiger partial charge >= 0.3 is 0 Å². The number of rotatable bonds is 3. The number of hydrogen-bond acceptors (Lipinski definition) is 4. The van der Waals surface area contributed by atoms with Crippen molar-refractivity contribution in [1.29, 1.82) is 0 Å². The minimum atomic E-state index is 0.601. The first-order valence-corrected chi connectivity index (χ1v) is 6.27. The number of nitrogens with one attached hydrogen (secondary N) is 2. The number of aryl methyl sites for hydroxylation is 1. The van der Waals surface area contributed by atoms with E-state index in [1.165, 1.54) is 0 Å². The molecule has 1 aromatic carbocycles. The standard InChI is InChI=1S/C13H12ClN5/c1-8-18-12(11-13(19-8)17-7-16-11)15-6-9-4-2-3-5-10(9)14/h2-5,7H,6H2,1H3,(H2,15,16,17,18,19). The van der Waals surface area contributed by atoms with Crippen LogP contribution in [0.1, 0.15) is 11.4 Å². The van der Waals surface area contributed by atoms with Crippen molar-refractivity contribution >= 4 is 28.6 Å². The second-order valence-corrected chi connectivity index (χ2v) is 4.57. The summed E-state index contributed by atoms with van der Waals surface area (Å²) in [7, 11) is 0. The van der Waals surface area contributed by atoms with E-state index in [-0.39, 0.29) is 0 Å². The summed E-state index contributed by atoms with van der Waals surface area (Å²) in [6.07, 6.45) is 1.61. The van der Waals surface area contributed by atoms with E-state index in [4.69, 9.17) is 11.6 Å². The number of H-pyrrole nitrogens is 1. The van der Waals surface area contributed by atoms with Gasteiger partial charge in [-0.05, 0) is 18.6 Å². The molecule has 0 bridgehead atoms. The van der Waals surface area contributed by atoms with Crippen LogP contribution in [0.15, 0.2) is 30.6 Å². The Morgan fingerprint density at radius 1 is 1.26 bits per heavy atom. The van der Waals surface area contributed by atoms with Crippen molar-refractivity contribution in [2.75, 3.05) is 5.32 Å². The van der Waals surface area contributed by atoms with Gasteiger partial charge in [-0.2, -0.15) is 0 Å². The number of anilines is 1. The lowest BCUT2D eigenvalue weighted by atomic mass is 10.2. The lowest BCUT2D eigenvalue weighted by Gasteiger charge is -2.08. The summed E-state index contributed by atoms with van der Waals surface area (Å²) >= 11 is 6.13. The molecule has 19 heavy (non-hydrogen) atoms. The smallest absolute Gasteiger partial charge is 0.183 e. The van der Waals surface area contributed by atoms with Gasteiger partial charge in [0, 0.05) is 11.6 Å². The molecule has 0 spiro atoms. The molecular weight excluding hydrogens is 262 g/mol. The molecule has 96 valence electrons. The molecule has 5 nitrogen and oxygen atoms in total. The molecule has 0 aliphatic rings. The van der Waals surface area contributed by atoms with E-state index < -0.39 is 0 Å². The summed E-state index contributed by atoms with van der Waals surface area (Å²) in [5.74, 6) is 1.42. The fraction of sp³-hybridized carbons (Fsp3) is 0.154. The molecule has 0 atom stereocenters. The van der Waals surface area contributed by atoms with Crippen LogP contribution in [0.5, 0.6) is 0 Å². The molecule has 0 radical (unpaired) electrons. The van der Waals surface area contributed by atoms with Gasteiger partial charge in [0.25, 0.3) is 0 Å². The van der Waals surface area contributed by atoms with Gasteiger partial charge < -0.3 is 10.3 Å². The summed E-state index contributed by atoms with van der Waals surface area (Å²) in [6, 6.07) is 7.72. The van der Waals surface area contributed by atoms with E-state index in [0.717, 1.165) is 21.9 Å². The topological polar surface area (TPSA) is 66.5 Å². The Kier molecular flexibility index (Phi) is 3.05. The largest absolute Gasteiger partial charge is 0.364 e. The van der Waals surface area contributed by atoms with Gasteiger partial charge in [0.1, 0.15) is 11.3 Å². The Morgan fingerprint density at radius 2 is 2.11 bits per heavy atom. The summed E-state index contributed by atoms with van der Waals surface area (Å²) in [6.45, 7) is 2.44. The van der Waals surface area contributed by atoms with Crippen LogP contribution in [0.2, 0.25) is 5.02 Å². The molecule has 0 fully saturated rings. The molecule has 0 aliphatic carbocycles. The molecule has 0 aliphatic heterocycles. The maximum atomic E-state index is 6.13. The van der Waals surface area contributed by atoms with Crippen molar-refractivity contribution in [1.82, 2.24) is 19.9 Å². The monoisotopic (exact) mass is 273 g/mol. The van der Waals surface area contributed by atoms with Gasteiger partial charge in [0.2, 0.25) is 0 Å². The third kappa shape index (κ3) is 2.37. The highest BCUT2D eigenvalue weighted by Crippen LogP contribution is 2.19. The number of aromatic nitrogens is 4. The fourth-order valence-electron chi connectivity index (χ4n) is 1.89. The minimum absolute atomic E-state index is 0.601. The normalized spacial score (nSPS) is 10.8. The molecule has 0 amide bonds. The van der Waals surface area contributed by atoms with Crippen molar-refractivity contribution in [2.45, 2.75) is 13.5 Å². The maximum absolute atomic E-state index is 6.13. The zero-order valence-corrected chi connectivity index (χ0v) is 11.1. The van der Waals surface area contributed by atoms with Gasteiger partial charge in [-0.3, -0.25) is 0 Å². The van der Waals surface area contributed by atoms with Crippen molar-refractivity contribution in [2.24, 2.45) is 0 Å². The average molecular weight is 274 g/mol. The summed E-state index contributed by atoms with van der Waals surface area (Å²) in [5.41, 5.74) is 2.49. The molecule has 0 saturated carbocycles. The Balaban J connectivity index is 1.90. The minimum Gasteiger partial charge on any atom is -0.364 e. The average Bonchev–Trinajstić information content (AvgIpc) is 2.85. The van der Waals surface area contributed by atoms with Crippen molar-refractivity contribution in [3.63, 3.8) is 0 Å². The van der Waals surface area contributed by atoms with E-state index in [1.54, 1.807) is 6.33 Å². The summed E-state index contributed by atoms with van der Waals surface area (Å²) in [4.78, 5) is 15.8. The van der Waals surface area contributed by atoms with E-state index in [2.05, 4.69) is 25.3 Å². The summed E-state index contributed by atoms with van der Waals surface area (Å²) < 4.78 is 0. The lowest BCUT2D eigenvalue weighted by Crippen LogP contribution is -2.04. The number of hydrogen-bond donors (Lipinski definition) is 2. The van der Waals surface area contributed by atoms with Gasteiger partial charge in [-0.25, -0.2) is 15.0 Å². The number of fused-ring (bicyclic) bond motifs is 1. The zero-order valence-electron chi connectivity index (χ0n) is 10.3. The van der Waals surface area contributed by atoms with Crippen molar-refractivity contribution in [3.05, 3.63) is 47.0 Å². The Labute approximate surface area is 115 Å². The zero-order chi connectivity index (χ0) is 13.2.